The number of β-amino-alcohol motifs (C(OH)–C–C–N with tert-alkyl or cyclic N) is 1. The van der Waals surface area contributed by atoms with Gasteiger partial charge in [-0.2, -0.15) is 0 Å². The van der Waals surface area contributed by atoms with Gasteiger partial charge in [0.2, 0.25) is 5.91 Å². The Bertz CT molecular complexity index is 437. The predicted molar refractivity (Wildman–Crippen MR) is 67.4 cm³/mol. The number of hydrogen-bond donors (Lipinski definition) is 1. The maximum atomic E-state index is 11.9. The lowest BCUT2D eigenvalue weighted by atomic mass is 10.1. The first-order chi connectivity index (χ1) is 8.06. The number of amides is 1. The quantitative estimate of drug-likeness (QED) is 0.897. The van der Waals surface area contributed by atoms with E-state index in [0.29, 0.717) is 36.0 Å². The van der Waals surface area contributed by atoms with Crippen LogP contribution < -0.4 is 0 Å². The average molecular weight is 274 g/mol. The highest BCUT2D eigenvalue weighted by Gasteiger charge is 2.24. The fraction of sp³-hybridized carbons (Fsp3) is 0.417. The smallest absolute Gasteiger partial charge is 0.227 e. The first-order valence-electron chi connectivity index (χ1n) is 5.46. The summed E-state index contributed by atoms with van der Waals surface area (Å²) in [4.78, 5) is 13.6. The van der Waals surface area contributed by atoms with Gasteiger partial charge in [0.05, 0.1) is 22.6 Å². The standard InChI is InChI=1S/C12H13Cl2NO2/c13-10-2-1-8(5-11(10)14)6-12(17)15-4-3-9(16)7-15/h1-2,5,9,16H,3-4,6-7H2/t9-/m0/s1. The van der Waals surface area contributed by atoms with E-state index < -0.39 is 0 Å². The second-order valence-electron chi connectivity index (χ2n) is 4.21. The van der Waals surface area contributed by atoms with Crippen molar-refractivity contribution in [2.75, 3.05) is 13.1 Å². The van der Waals surface area contributed by atoms with Gasteiger partial charge in [-0.25, -0.2) is 0 Å². The summed E-state index contributed by atoms with van der Waals surface area (Å²) < 4.78 is 0. The highest BCUT2D eigenvalue weighted by atomic mass is 35.5. The van der Waals surface area contributed by atoms with E-state index in [1.54, 1.807) is 23.1 Å². The summed E-state index contributed by atoms with van der Waals surface area (Å²) in [6.45, 7) is 1.06. The summed E-state index contributed by atoms with van der Waals surface area (Å²) in [7, 11) is 0. The van der Waals surface area contributed by atoms with Crippen molar-refractivity contribution >= 4 is 29.1 Å². The molecule has 2 rings (SSSR count). The first kappa shape index (κ1) is 12.7. The van der Waals surface area contributed by atoms with Crippen LogP contribution in [0.15, 0.2) is 18.2 Å². The summed E-state index contributed by atoms with van der Waals surface area (Å²) in [5.41, 5.74) is 0.839. The fourth-order valence-electron chi connectivity index (χ4n) is 1.90. The molecule has 0 aliphatic carbocycles. The molecule has 0 aromatic heterocycles. The number of rotatable bonds is 2. The SMILES string of the molecule is O=C(Cc1ccc(Cl)c(Cl)c1)N1CC[C@H](O)C1. The first-order valence-corrected chi connectivity index (χ1v) is 6.21. The maximum absolute atomic E-state index is 11.9. The Morgan fingerprint density at radius 2 is 2.18 bits per heavy atom. The van der Waals surface area contributed by atoms with Crippen molar-refractivity contribution in [3.05, 3.63) is 33.8 Å². The lowest BCUT2D eigenvalue weighted by Gasteiger charge is -2.15. The molecule has 1 fully saturated rings. The molecule has 1 aliphatic rings. The molecule has 0 spiro atoms. The monoisotopic (exact) mass is 273 g/mol. The highest BCUT2D eigenvalue weighted by molar-refractivity contribution is 6.42. The minimum Gasteiger partial charge on any atom is -0.391 e. The molecule has 1 saturated heterocycles. The van der Waals surface area contributed by atoms with Crippen LogP contribution in [-0.4, -0.2) is 35.1 Å². The topological polar surface area (TPSA) is 40.5 Å². The minimum absolute atomic E-state index is 0.0138. The Morgan fingerprint density at radius 3 is 2.76 bits per heavy atom. The van der Waals surface area contributed by atoms with E-state index in [-0.39, 0.29) is 12.0 Å². The lowest BCUT2D eigenvalue weighted by Crippen LogP contribution is -2.30. The molecule has 92 valence electrons. The molecular formula is C12H13Cl2NO2. The number of nitrogens with zero attached hydrogens (tertiary/aromatic N) is 1. The Hall–Kier alpha value is -0.770. The molecule has 17 heavy (non-hydrogen) atoms. The summed E-state index contributed by atoms with van der Waals surface area (Å²) in [5, 5.41) is 10.3. The van der Waals surface area contributed by atoms with E-state index >= 15 is 0 Å². The van der Waals surface area contributed by atoms with Crippen molar-refractivity contribution < 1.29 is 9.90 Å². The van der Waals surface area contributed by atoms with Gasteiger partial charge in [-0.3, -0.25) is 4.79 Å². The largest absolute Gasteiger partial charge is 0.391 e. The molecule has 1 aliphatic heterocycles. The second kappa shape index (κ2) is 5.25. The molecule has 0 radical (unpaired) electrons. The zero-order valence-corrected chi connectivity index (χ0v) is 10.7. The number of benzene rings is 1. The van der Waals surface area contributed by atoms with Crippen LogP contribution in [0.1, 0.15) is 12.0 Å². The zero-order chi connectivity index (χ0) is 12.4. The highest BCUT2D eigenvalue weighted by Crippen LogP contribution is 2.23. The number of hydrogen-bond acceptors (Lipinski definition) is 2. The third-order valence-electron chi connectivity index (χ3n) is 2.86. The van der Waals surface area contributed by atoms with Crippen molar-refractivity contribution in [1.29, 1.82) is 0 Å². The molecule has 0 bridgehead atoms. The molecule has 5 heteroatoms. The van der Waals surface area contributed by atoms with Gasteiger partial charge >= 0.3 is 0 Å². The Morgan fingerprint density at radius 1 is 1.41 bits per heavy atom. The van der Waals surface area contributed by atoms with Crippen molar-refractivity contribution in [3.63, 3.8) is 0 Å². The van der Waals surface area contributed by atoms with E-state index in [0.717, 1.165) is 5.56 Å². The molecule has 1 heterocycles. The minimum atomic E-state index is -0.382. The second-order valence-corrected chi connectivity index (χ2v) is 5.02. The van der Waals surface area contributed by atoms with Crippen molar-refractivity contribution in [3.8, 4) is 0 Å². The zero-order valence-electron chi connectivity index (χ0n) is 9.20. The molecule has 0 saturated carbocycles. The number of carbonyl (C=O) groups is 1. The van der Waals surface area contributed by atoms with Gasteiger partial charge in [0, 0.05) is 13.1 Å². The molecular weight excluding hydrogens is 261 g/mol. The molecule has 1 atom stereocenters. The van der Waals surface area contributed by atoms with Crippen molar-refractivity contribution in [2.45, 2.75) is 18.9 Å². The summed E-state index contributed by atoms with van der Waals surface area (Å²) >= 11 is 11.7. The molecule has 1 aromatic carbocycles. The predicted octanol–water partition coefficient (Wildman–Crippen LogP) is 2.13. The molecule has 1 aromatic rings. The van der Waals surface area contributed by atoms with E-state index in [4.69, 9.17) is 23.2 Å². The Labute approximate surface area is 110 Å². The van der Waals surface area contributed by atoms with E-state index in [2.05, 4.69) is 0 Å². The molecule has 1 N–H and O–H groups in total. The van der Waals surface area contributed by atoms with E-state index in [9.17, 15) is 9.90 Å². The number of likely N-dealkylation sites (tertiary alicyclic amines) is 1. The maximum Gasteiger partial charge on any atom is 0.227 e. The van der Waals surface area contributed by atoms with Crippen LogP contribution in [0.5, 0.6) is 0 Å². The van der Waals surface area contributed by atoms with E-state index in [1.165, 1.54) is 0 Å². The van der Waals surface area contributed by atoms with Crippen LogP contribution in [0, 0.1) is 0 Å². The molecule has 0 unspecified atom stereocenters. The summed E-state index contributed by atoms with van der Waals surface area (Å²) in [5.74, 6) is 0.0138. The normalized spacial score (nSPS) is 19.7. The van der Waals surface area contributed by atoms with Gasteiger partial charge in [-0.05, 0) is 24.1 Å². The van der Waals surface area contributed by atoms with Crippen LogP contribution in [0.25, 0.3) is 0 Å². The number of halogens is 2. The Balaban J connectivity index is 2.00. The number of aliphatic hydroxyl groups is 1. The number of carbonyl (C=O) groups excluding carboxylic acids is 1. The van der Waals surface area contributed by atoms with Gasteiger partial charge in [0.1, 0.15) is 0 Å². The Kier molecular flexibility index (Phi) is 3.92. The number of aliphatic hydroxyl groups excluding tert-OH is 1. The van der Waals surface area contributed by atoms with Crippen LogP contribution in [-0.2, 0) is 11.2 Å². The average Bonchev–Trinajstić information content (AvgIpc) is 2.70. The van der Waals surface area contributed by atoms with Gasteiger partial charge in [0.25, 0.3) is 0 Å². The third kappa shape index (κ3) is 3.12. The fourth-order valence-corrected chi connectivity index (χ4v) is 2.23. The van der Waals surface area contributed by atoms with Crippen LogP contribution in [0.4, 0.5) is 0 Å². The lowest BCUT2D eigenvalue weighted by molar-refractivity contribution is -0.129. The molecule has 1 amide bonds. The van der Waals surface area contributed by atoms with Gasteiger partial charge in [0.15, 0.2) is 0 Å². The van der Waals surface area contributed by atoms with Crippen molar-refractivity contribution in [2.24, 2.45) is 0 Å². The summed E-state index contributed by atoms with van der Waals surface area (Å²) in [6, 6.07) is 5.18. The van der Waals surface area contributed by atoms with Crippen molar-refractivity contribution in [1.82, 2.24) is 4.90 Å². The van der Waals surface area contributed by atoms with Crippen LogP contribution in [0.3, 0.4) is 0 Å². The molecule has 3 nitrogen and oxygen atoms in total. The van der Waals surface area contributed by atoms with Gasteiger partial charge in [-0.1, -0.05) is 29.3 Å². The van der Waals surface area contributed by atoms with Crippen LogP contribution in [0.2, 0.25) is 10.0 Å². The third-order valence-corrected chi connectivity index (χ3v) is 3.59. The van der Waals surface area contributed by atoms with E-state index in [1.807, 2.05) is 0 Å². The van der Waals surface area contributed by atoms with Crippen LogP contribution >= 0.6 is 23.2 Å². The summed E-state index contributed by atoms with van der Waals surface area (Å²) in [6.07, 6.45) is 0.573. The van der Waals surface area contributed by atoms with Gasteiger partial charge in [-0.15, -0.1) is 0 Å². The van der Waals surface area contributed by atoms with Gasteiger partial charge < -0.3 is 10.0 Å².